The number of hydrogen-bond acceptors (Lipinski definition) is 3. The monoisotopic (exact) mass is 289 g/mol. The quantitative estimate of drug-likeness (QED) is 0.928. The zero-order chi connectivity index (χ0) is 14.8. The number of rotatable bonds is 3. The van der Waals surface area contributed by atoms with E-state index < -0.39 is 11.7 Å². The summed E-state index contributed by atoms with van der Waals surface area (Å²) in [4.78, 5) is 0. The van der Waals surface area contributed by atoms with Crippen LogP contribution in [0.4, 0.5) is 13.2 Å². The normalized spacial score (nSPS) is 16.6. The summed E-state index contributed by atoms with van der Waals surface area (Å²) in [6.07, 6.45) is -3.20. The highest BCUT2D eigenvalue weighted by molar-refractivity contribution is 5.54. The van der Waals surface area contributed by atoms with Gasteiger partial charge in [-0.1, -0.05) is 13.0 Å². The molecule has 0 saturated carbocycles. The molecule has 0 saturated heterocycles. The Morgan fingerprint density at radius 1 is 1.20 bits per heavy atom. The van der Waals surface area contributed by atoms with Gasteiger partial charge in [-0.15, -0.1) is 0 Å². The first-order valence-electron chi connectivity index (χ1n) is 6.65. The topological polar surface area (TPSA) is 44.5 Å². The van der Waals surface area contributed by atoms with E-state index in [-0.39, 0.29) is 24.0 Å². The molecule has 1 aromatic rings. The van der Waals surface area contributed by atoms with E-state index in [0.717, 1.165) is 11.6 Å². The van der Waals surface area contributed by atoms with Crippen LogP contribution in [0.5, 0.6) is 11.5 Å². The zero-order valence-electron chi connectivity index (χ0n) is 11.3. The average molecular weight is 289 g/mol. The highest BCUT2D eigenvalue weighted by Crippen LogP contribution is 2.46. The van der Waals surface area contributed by atoms with Gasteiger partial charge in [0.15, 0.2) is 11.5 Å². The van der Waals surface area contributed by atoms with Crippen molar-refractivity contribution in [2.24, 2.45) is 5.73 Å². The van der Waals surface area contributed by atoms with E-state index in [2.05, 4.69) is 0 Å². The van der Waals surface area contributed by atoms with Crippen LogP contribution >= 0.6 is 0 Å². The van der Waals surface area contributed by atoms with E-state index in [1.807, 2.05) is 6.92 Å². The number of alkyl halides is 3. The van der Waals surface area contributed by atoms with Gasteiger partial charge in [0.05, 0.1) is 13.2 Å². The average Bonchev–Trinajstić information content (AvgIpc) is 2.61. The van der Waals surface area contributed by atoms with Crippen molar-refractivity contribution in [3.05, 3.63) is 23.3 Å². The molecule has 6 heteroatoms. The first-order valence-corrected chi connectivity index (χ1v) is 6.65. The summed E-state index contributed by atoms with van der Waals surface area (Å²) < 4.78 is 49.9. The van der Waals surface area contributed by atoms with Crippen molar-refractivity contribution < 1.29 is 22.6 Å². The molecule has 3 nitrogen and oxygen atoms in total. The van der Waals surface area contributed by atoms with Gasteiger partial charge in [0.1, 0.15) is 5.56 Å². The maximum Gasteiger partial charge on any atom is 0.420 e. The fourth-order valence-electron chi connectivity index (χ4n) is 2.29. The van der Waals surface area contributed by atoms with Crippen molar-refractivity contribution >= 4 is 0 Å². The minimum Gasteiger partial charge on any atom is -0.489 e. The Hall–Kier alpha value is -1.43. The van der Waals surface area contributed by atoms with E-state index in [1.54, 1.807) is 0 Å². The van der Waals surface area contributed by atoms with E-state index >= 15 is 0 Å². The second-order valence-electron chi connectivity index (χ2n) is 4.89. The summed E-state index contributed by atoms with van der Waals surface area (Å²) in [5.74, 6) is 0.0624. The lowest BCUT2D eigenvalue weighted by Gasteiger charge is -2.20. The second kappa shape index (κ2) is 5.91. The molecule has 0 radical (unpaired) electrons. The van der Waals surface area contributed by atoms with Gasteiger partial charge in [-0.05, 0) is 24.9 Å². The van der Waals surface area contributed by atoms with Gasteiger partial charge in [-0.2, -0.15) is 13.2 Å². The van der Waals surface area contributed by atoms with Gasteiger partial charge in [0.25, 0.3) is 0 Å². The minimum absolute atomic E-state index is 0.0257. The number of fused-ring (bicyclic) bond motifs is 1. The van der Waals surface area contributed by atoms with E-state index in [9.17, 15) is 13.2 Å². The Bertz CT molecular complexity index is 474. The van der Waals surface area contributed by atoms with Gasteiger partial charge < -0.3 is 15.2 Å². The summed E-state index contributed by atoms with van der Waals surface area (Å²) in [6.45, 7) is 2.98. The summed E-state index contributed by atoms with van der Waals surface area (Å²) in [5, 5.41) is 0. The molecule has 1 aliphatic rings. The molecule has 0 bridgehead atoms. The highest BCUT2D eigenvalue weighted by Gasteiger charge is 2.37. The molecular formula is C14H18F3NO2. The van der Waals surface area contributed by atoms with Crippen LogP contribution in [-0.4, -0.2) is 19.8 Å². The maximum atomic E-state index is 13.0. The molecule has 0 aromatic heterocycles. The predicted octanol–water partition coefficient (Wildman–Crippen LogP) is 3.32. The van der Waals surface area contributed by atoms with Gasteiger partial charge in [0.2, 0.25) is 0 Å². The third-order valence-corrected chi connectivity index (χ3v) is 3.36. The summed E-state index contributed by atoms with van der Waals surface area (Å²) >= 11 is 0. The van der Waals surface area contributed by atoms with Crippen LogP contribution in [0, 0.1) is 0 Å². The number of nitrogens with two attached hydrogens (primary N) is 1. The molecule has 1 aliphatic heterocycles. The molecule has 1 aromatic carbocycles. The summed E-state index contributed by atoms with van der Waals surface area (Å²) in [5.41, 5.74) is 5.46. The molecule has 0 amide bonds. The number of ether oxygens (including phenoxy) is 2. The first kappa shape index (κ1) is 15.0. The van der Waals surface area contributed by atoms with Crippen molar-refractivity contribution in [1.29, 1.82) is 0 Å². The van der Waals surface area contributed by atoms with E-state index in [0.29, 0.717) is 26.0 Å². The van der Waals surface area contributed by atoms with Crippen molar-refractivity contribution in [2.75, 3.05) is 19.8 Å². The first-order chi connectivity index (χ1) is 9.45. The molecule has 1 atom stereocenters. The smallest absolute Gasteiger partial charge is 0.420 e. The Balaban J connectivity index is 2.52. The number of benzene rings is 1. The van der Waals surface area contributed by atoms with Crippen molar-refractivity contribution in [1.82, 2.24) is 0 Å². The van der Waals surface area contributed by atoms with E-state index in [4.69, 9.17) is 15.2 Å². The zero-order valence-corrected chi connectivity index (χ0v) is 11.3. The Kier molecular flexibility index (Phi) is 4.42. The molecule has 112 valence electrons. The summed E-state index contributed by atoms with van der Waals surface area (Å²) in [7, 11) is 0. The van der Waals surface area contributed by atoms with Crippen LogP contribution in [-0.2, 0) is 6.18 Å². The Morgan fingerprint density at radius 3 is 2.45 bits per heavy atom. The van der Waals surface area contributed by atoms with Crippen molar-refractivity contribution in [2.45, 2.75) is 31.9 Å². The summed E-state index contributed by atoms with van der Waals surface area (Å²) in [6, 6.07) is 2.53. The van der Waals surface area contributed by atoms with Crippen molar-refractivity contribution in [3.63, 3.8) is 0 Å². The van der Waals surface area contributed by atoms with Crippen LogP contribution in [0.3, 0.4) is 0 Å². The van der Waals surface area contributed by atoms with Gasteiger partial charge in [-0.3, -0.25) is 0 Å². The lowest BCUT2D eigenvalue weighted by atomic mass is 9.94. The molecule has 1 unspecified atom stereocenters. The van der Waals surface area contributed by atoms with Crippen LogP contribution in [0.2, 0.25) is 0 Å². The molecule has 0 spiro atoms. The fraction of sp³-hybridized carbons (Fsp3) is 0.571. The Morgan fingerprint density at radius 2 is 1.85 bits per heavy atom. The maximum absolute atomic E-state index is 13.0. The third-order valence-electron chi connectivity index (χ3n) is 3.36. The molecule has 0 fully saturated rings. The molecule has 2 N–H and O–H groups in total. The Labute approximate surface area is 115 Å². The lowest BCUT2D eigenvalue weighted by molar-refractivity contribution is -0.139. The van der Waals surface area contributed by atoms with E-state index in [1.165, 1.54) is 6.07 Å². The van der Waals surface area contributed by atoms with Crippen LogP contribution in [0.1, 0.15) is 36.8 Å². The number of hydrogen-bond donors (Lipinski definition) is 1. The second-order valence-corrected chi connectivity index (χ2v) is 4.89. The molecule has 2 rings (SSSR count). The molecule has 1 heterocycles. The number of halogens is 3. The van der Waals surface area contributed by atoms with Gasteiger partial charge >= 0.3 is 6.18 Å². The van der Waals surface area contributed by atoms with Crippen LogP contribution in [0.25, 0.3) is 0 Å². The highest BCUT2D eigenvalue weighted by atomic mass is 19.4. The largest absolute Gasteiger partial charge is 0.489 e. The van der Waals surface area contributed by atoms with Crippen molar-refractivity contribution in [3.8, 4) is 11.5 Å². The molecule has 20 heavy (non-hydrogen) atoms. The standard InChI is InChI=1S/C14H18F3NO2/c1-9(5-6-18)10-3-4-11(14(15,16)17)13-12(10)19-7-2-8-20-13/h3-4,9H,2,5-8,18H2,1H3. The molecular weight excluding hydrogens is 271 g/mol. The van der Waals surface area contributed by atoms with Crippen LogP contribution < -0.4 is 15.2 Å². The van der Waals surface area contributed by atoms with Gasteiger partial charge in [0, 0.05) is 12.0 Å². The van der Waals surface area contributed by atoms with Gasteiger partial charge in [-0.25, -0.2) is 0 Å². The molecule has 0 aliphatic carbocycles. The SMILES string of the molecule is CC(CCN)c1ccc(C(F)(F)F)c2c1OCCCO2. The third kappa shape index (κ3) is 3.00. The van der Waals surface area contributed by atoms with Crippen LogP contribution in [0.15, 0.2) is 12.1 Å². The predicted molar refractivity (Wildman–Crippen MR) is 69.1 cm³/mol. The lowest BCUT2D eigenvalue weighted by Crippen LogP contribution is -2.11. The minimum atomic E-state index is -4.45. The fourth-order valence-corrected chi connectivity index (χ4v) is 2.29.